The van der Waals surface area contributed by atoms with Gasteiger partial charge in [0.15, 0.2) is 11.5 Å². The van der Waals surface area contributed by atoms with Gasteiger partial charge in [-0.1, -0.05) is 6.07 Å². The second kappa shape index (κ2) is 7.38. The number of aromatic hydroxyl groups is 1. The molecular weight excluding hydrogens is 436 g/mol. The fraction of sp³-hybridized carbons (Fsp3) is 0.238. The number of carbonyl (C=O) groups excluding carboxylic acids is 1. The minimum absolute atomic E-state index is 0.00491. The fourth-order valence-electron chi connectivity index (χ4n) is 4.55. The molecule has 2 atom stereocenters. The number of ether oxygens (including phenoxy) is 1. The maximum absolute atomic E-state index is 13.4. The molecule has 1 aliphatic heterocycles. The van der Waals surface area contributed by atoms with Gasteiger partial charge in [-0.25, -0.2) is 0 Å². The molecule has 1 aliphatic carbocycles. The van der Waals surface area contributed by atoms with Gasteiger partial charge < -0.3 is 15.2 Å². The number of anilines is 1. The second-order valence-electron chi connectivity index (χ2n) is 7.71. The molecule has 1 aromatic carbocycles. The van der Waals surface area contributed by atoms with Crippen LogP contribution in [0.1, 0.15) is 40.7 Å². The number of hydrogen-bond donors (Lipinski definition) is 4. The van der Waals surface area contributed by atoms with Crippen molar-refractivity contribution in [1.82, 2.24) is 10.2 Å². The third-order valence-electron chi connectivity index (χ3n) is 5.95. The first kappa shape index (κ1) is 20.1. The lowest BCUT2D eigenvalue weighted by Crippen LogP contribution is -2.31. The lowest BCUT2D eigenvalue weighted by molar-refractivity contribution is -0.386. The van der Waals surface area contributed by atoms with Crippen LogP contribution in [0.25, 0.3) is 0 Å². The Morgan fingerprint density at radius 3 is 2.75 bits per heavy atom. The van der Waals surface area contributed by atoms with Crippen LogP contribution in [0.5, 0.6) is 11.5 Å². The summed E-state index contributed by atoms with van der Waals surface area (Å²) in [6.45, 7) is 0. The number of phenolic OH excluding ortho intramolecular Hbond substituents is 1. The number of ketones is 1. The van der Waals surface area contributed by atoms with E-state index in [1.165, 1.54) is 19.2 Å². The van der Waals surface area contributed by atoms with Crippen molar-refractivity contribution < 1.29 is 19.6 Å². The van der Waals surface area contributed by atoms with Crippen LogP contribution in [0.2, 0.25) is 0 Å². The van der Waals surface area contributed by atoms with Crippen LogP contribution in [-0.4, -0.2) is 33.1 Å². The number of aromatic nitrogens is 2. The number of allylic oxidation sites excluding steroid dienone is 2. The minimum Gasteiger partial charge on any atom is -0.500 e. The zero-order valence-electron chi connectivity index (χ0n) is 16.8. The van der Waals surface area contributed by atoms with Crippen molar-refractivity contribution in [1.29, 1.82) is 0 Å². The zero-order valence-corrected chi connectivity index (χ0v) is 17.6. The van der Waals surface area contributed by atoms with Crippen LogP contribution in [0.15, 0.2) is 45.7 Å². The van der Waals surface area contributed by atoms with Crippen LogP contribution in [-0.2, 0) is 4.79 Å². The number of rotatable bonds is 4. The number of Topliss-reactive ketones (excluding diaryl/α,β-unsaturated/α-hetero) is 1. The molecular formula is C21H18N4O6S. The smallest absolute Gasteiger partial charge is 0.314 e. The van der Waals surface area contributed by atoms with Crippen LogP contribution < -0.4 is 15.6 Å². The highest BCUT2D eigenvalue weighted by Gasteiger charge is 2.41. The number of H-pyrrole nitrogens is 2. The SMILES string of the molecule is COc1cc(C2C3=C(CC(c4cccs4)CC3=O)Nc3[nH][nH]c(=O)c32)cc([N+](=O)[O-])c1O. The highest BCUT2D eigenvalue weighted by Crippen LogP contribution is 2.49. The standard InChI is InChI=1S/C21H18N4O6S/c1-31-14-8-10(6-12(19(14)27)25(29)30)16-17-11(22-20-18(16)21(28)24-23-20)5-9(7-13(17)26)15-3-2-4-32-15/h2-4,6,8-9,16,27H,5,7H2,1H3,(H3,22,23,24,28). The third kappa shape index (κ3) is 3.01. The number of hydrogen-bond acceptors (Lipinski definition) is 8. The van der Waals surface area contributed by atoms with Gasteiger partial charge in [0.25, 0.3) is 5.56 Å². The summed E-state index contributed by atoms with van der Waals surface area (Å²) in [6, 6.07) is 6.55. The van der Waals surface area contributed by atoms with Crippen LogP contribution in [0.3, 0.4) is 0 Å². The molecule has 0 spiro atoms. The second-order valence-corrected chi connectivity index (χ2v) is 8.69. The predicted octanol–water partition coefficient (Wildman–Crippen LogP) is 3.35. The number of carbonyl (C=O) groups is 1. The summed E-state index contributed by atoms with van der Waals surface area (Å²) >= 11 is 1.58. The van der Waals surface area contributed by atoms with E-state index in [0.717, 1.165) is 4.88 Å². The van der Waals surface area contributed by atoms with Crippen molar-refractivity contribution in [2.75, 3.05) is 12.4 Å². The molecule has 10 nitrogen and oxygen atoms in total. The Bertz CT molecular complexity index is 1340. The molecule has 11 heteroatoms. The average molecular weight is 454 g/mol. The molecule has 3 heterocycles. The summed E-state index contributed by atoms with van der Waals surface area (Å²) < 4.78 is 5.13. The molecule has 3 aromatic rings. The first-order valence-corrected chi connectivity index (χ1v) is 10.7. The van der Waals surface area contributed by atoms with Gasteiger partial charge in [0.2, 0.25) is 5.75 Å². The van der Waals surface area contributed by atoms with Crippen molar-refractivity contribution in [2.45, 2.75) is 24.7 Å². The fourth-order valence-corrected chi connectivity index (χ4v) is 5.38. The topological polar surface area (TPSA) is 150 Å². The number of nitrogens with one attached hydrogen (secondary N) is 3. The third-order valence-corrected chi connectivity index (χ3v) is 6.98. The summed E-state index contributed by atoms with van der Waals surface area (Å²) in [7, 11) is 1.28. The summed E-state index contributed by atoms with van der Waals surface area (Å²) in [4.78, 5) is 37.9. The van der Waals surface area contributed by atoms with Crippen LogP contribution in [0.4, 0.5) is 11.5 Å². The van der Waals surface area contributed by atoms with E-state index in [0.29, 0.717) is 29.1 Å². The van der Waals surface area contributed by atoms with Gasteiger partial charge in [0.1, 0.15) is 5.82 Å². The van der Waals surface area contributed by atoms with Gasteiger partial charge in [-0.2, -0.15) is 0 Å². The van der Waals surface area contributed by atoms with Crippen molar-refractivity contribution >= 4 is 28.6 Å². The van der Waals surface area contributed by atoms with E-state index in [-0.39, 0.29) is 29.4 Å². The molecule has 32 heavy (non-hydrogen) atoms. The number of phenols is 1. The van der Waals surface area contributed by atoms with Gasteiger partial charge in [0, 0.05) is 40.5 Å². The summed E-state index contributed by atoms with van der Waals surface area (Å²) in [5, 5.41) is 32.2. The molecule has 2 aromatic heterocycles. The number of aromatic amines is 2. The molecule has 0 radical (unpaired) electrons. The van der Waals surface area contributed by atoms with Gasteiger partial charge in [-0.15, -0.1) is 11.3 Å². The highest BCUT2D eigenvalue weighted by molar-refractivity contribution is 7.10. The van der Waals surface area contributed by atoms with Crippen molar-refractivity contribution in [3.8, 4) is 11.5 Å². The quantitative estimate of drug-likeness (QED) is 0.349. The van der Waals surface area contributed by atoms with Gasteiger partial charge in [-0.05, 0) is 29.5 Å². The maximum Gasteiger partial charge on any atom is 0.314 e. The number of fused-ring (bicyclic) bond motifs is 1. The number of thiophene rings is 1. The first-order valence-electron chi connectivity index (χ1n) is 9.81. The number of nitrogens with zero attached hydrogens (tertiary/aromatic N) is 1. The summed E-state index contributed by atoms with van der Waals surface area (Å²) in [5.74, 6) is -1.29. The summed E-state index contributed by atoms with van der Waals surface area (Å²) in [5.41, 5.74) is 0.642. The Labute approximate surface area is 184 Å². The van der Waals surface area contributed by atoms with E-state index < -0.39 is 27.8 Å². The maximum atomic E-state index is 13.4. The average Bonchev–Trinajstić information content (AvgIpc) is 3.43. The largest absolute Gasteiger partial charge is 0.500 e. The molecule has 2 aliphatic rings. The number of nitro groups is 1. The molecule has 2 unspecified atom stereocenters. The van der Waals surface area contributed by atoms with E-state index in [1.54, 1.807) is 11.3 Å². The van der Waals surface area contributed by atoms with E-state index in [9.17, 15) is 24.8 Å². The minimum atomic E-state index is -0.846. The molecule has 0 fully saturated rings. The molecule has 0 bridgehead atoms. The molecule has 164 valence electrons. The van der Waals surface area contributed by atoms with E-state index in [4.69, 9.17) is 4.74 Å². The van der Waals surface area contributed by atoms with Crippen molar-refractivity contribution in [2.24, 2.45) is 0 Å². The van der Waals surface area contributed by atoms with Crippen molar-refractivity contribution in [3.05, 3.63) is 77.4 Å². The molecule has 4 N–H and O–H groups in total. The van der Waals surface area contributed by atoms with Gasteiger partial charge >= 0.3 is 5.69 Å². The van der Waals surface area contributed by atoms with E-state index in [1.807, 2.05) is 17.5 Å². The van der Waals surface area contributed by atoms with Crippen LogP contribution in [0, 0.1) is 10.1 Å². The zero-order chi connectivity index (χ0) is 22.6. The normalized spacial score (nSPS) is 19.8. The number of methoxy groups -OCH3 is 1. The molecule has 0 saturated carbocycles. The lowest BCUT2D eigenvalue weighted by Gasteiger charge is -2.34. The van der Waals surface area contributed by atoms with E-state index in [2.05, 4.69) is 15.5 Å². The predicted molar refractivity (Wildman–Crippen MR) is 117 cm³/mol. The summed E-state index contributed by atoms with van der Waals surface area (Å²) in [6.07, 6.45) is 0.828. The highest BCUT2D eigenvalue weighted by atomic mass is 32.1. The lowest BCUT2D eigenvalue weighted by atomic mass is 9.74. The van der Waals surface area contributed by atoms with Crippen molar-refractivity contribution in [3.63, 3.8) is 0 Å². The van der Waals surface area contributed by atoms with Crippen LogP contribution >= 0.6 is 11.3 Å². The monoisotopic (exact) mass is 454 g/mol. The Morgan fingerprint density at radius 1 is 1.25 bits per heavy atom. The number of nitro benzene ring substituents is 1. The Hall–Kier alpha value is -3.86. The Morgan fingerprint density at radius 2 is 2.06 bits per heavy atom. The van der Waals surface area contributed by atoms with Gasteiger partial charge in [-0.3, -0.25) is 29.9 Å². The van der Waals surface area contributed by atoms with Gasteiger partial charge in [0.05, 0.1) is 17.6 Å². The molecule has 5 rings (SSSR count). The number of benzene rings is 1. The first-order chi connectivity index (χ1) is 15.4. The van der Waals surface area contributed by atoms with E-state index >= 15 is 0 Å². The molecule has 0 amide bonds. The Balaban J connectivity index is 1.71. The Kier molecular flexibility index (Phi) is 4.63. The molecule has 0 saturated heterocycles.